The molecule has 0 spiro atoms. The van der Waals surface area contributed by atoms with Gasteiger partial charge in [0.25, 0.3) is 0 Å². The highest BCUT2D eigenvalue weighted by Crippen LogP contribution is 2.22. The Labute approximate surface area is 79.0 Å². The second-order valence-corrected chi connectivity index (χ2v) is 2.88. The van der Waals surface area contributed by atoms with Crippen LogP contribution in [0.1, 0.15) is 18.1 Å². The van der Waals surface area contributed by atoms with E-state index in [1.165, 1.54) is 0 Å². The summed E-state index contributed by atoms with van der Waals surface area (Å²) in [6, 6.07) is 5.74. The first kappa shape index (κ1) is 9.65. The molecule has 1 aromatic rings. The zero-order valence-electron chi connectivity index (χ0n) is 8.13. The van der Waals surface area contributed by atoms with Crippen molar-refractivity contribution in [2.75, 3.05) is 12.3 Å². The zero-order chi connectivity index (χ0) is 9.84. The number of rotatable bonds is 3. The van der Waals surface area contributed by atoms with E-state index in [0.717, 1.165) is 16.8 Å². The second-order valence-electron chi connectivity index (χ2n) is 2.88. The first-order valence-electron chi connectivity index (χ1n) is 4.34. The van der Waals surface area contributed by atoms with Crippen LogP contribution in [0.3, 0.4) is 0 Å². The van der Waals surface area contributed by atoms with E-state index in [1.807, 2.05) is 32.0 Å². The highest BCUT2D eigenvalue weighted by molar-refractivity contribution is 5.66. The van der Waals surface area contributed by atoms with Crippen molar-refractivity contribution >= 4 is 11.4 Å². The average molecular weight is 177 g/mol. The molecule has 2 nitrogen and oxygen atoms in total. The van der Waals surface area contributed by atoms with Gasteiger partial charge >= 0.3 is 0 Å². The summed E-state index contributed by atoms with van der Waals surface area (Å²) in [5.74, 6) is 0.687. The van der Waals surface area contributed by atoms with Crippen molar-refractivity contribution in [3.63, 3.8) is 0 Å². The fourth-order valence-electron chi connectivity index (χ4n) is 1.21. The molecule has 2 heteroatoms. The van der Waals surface area contributed by atoms with Gasteiger partial charge in [-0.1, -0.05) is 18.7 Å². The standard InChI is InChI=1S/C11H15NO/c1-4-13-9(3)10-6-5-7-11(12)8(10)2/h5-7H,3-4,12H2,1-2H3. The Morgan fingerprint density at radius 1 is 1.54 bits per heavy atom. The number of benzene rings is 1. The lowest BCUT2D eigenvalue weighted by Crippen LogP contribution is -1.96. The zero-order valence-corrected chi connectivity index (χ0v) is 8.13. The summed E-state index contributed by atoms with van der Waals surface area (Å²) < 4.78 is 5.31. The lowest BCUT2D eigenvalue weighted by Gasteiger charge is -2.11. The molecule has 1 rings (SSSR count). The van der Waals surface area contributed by atoms with Crippen molar-refractivity contribution in [2.24, 2.45) is 0 Å². The molecule has 0 bridgehead atoms. The van der Waals surface area contributed by atoms with Crippen molar-refractivity contribution in [3.8, 4) is 0 Å². The van der Waals surface area contributed by atoms with Crippen LogP contribution in [-0.2, 0) is 4.74 Å². The molecular formula is C11H15NO. The van der Waals surface area contributed by atoms with Gasteiger partial charge in [0.1, 0.15) is 5.76 Å². The number of hydrogen-bond donors (Lipinski definition) is 1. The first-order chi connectivity index (χ1) is 6.16. The maximum absolute atomic E-state index is 5.76. The topological polar surface area (TPSA) is 35.2 Å². The molecule has 0 atom stereocenters. The maximum Gasteiger partial charge on any atom is 0.119 e. The SMILES string of the molecule is C=C(OCC)c1cccc(N)c1C. The largest absolute Gasteiger partial charge is 0.494 e. The molecule has 0 aliphatic rings. The van der Waals surface area contributed by atoms with Crippen LogP contribution in [0.15, 0.2) is 24.8 Å². The van der Waals surface area contributed by atoms with E-state index in [0.29, 0.717) is 12.4 Å². The van der Waals surface area contributed by atoms with Crippen LogP contribution in [0, 0.1) is 6.92 Å². The minimum atomic E-state index is 0.632. The van der Waals surface area contributed by atoms with Crippen molar-refractivity contribution in [1.29, 1.82) is 0 Å². The van der Waals surface area contributed by atoms with Gasteiger partial charge in [-0.25, -0.2) is 0 Å². The molecule has 0 amide bonds. The molecule has 1 aromatic carbocycles. The van der Waals surface area contributed by atoms with Gasteiger partial charge in [-0.15, -0.1) is 0 Å². The van der Waals surface area contributed by atoms with Crippen LogP contribution >= 0.6 is 0 Å². The Bertz CT molecular complexity index is 318. The third kappa shape index (κ3) is 2.02. The molecule has 0 fully saturated rings. The van der Waals surface area contributed by atoms with Crippen molar-refractivity contribution in [3.05, 3.63) is 35.9 Å². The minimum Gasteiger partial charge on any atom is -0.494 e. The van der Waals surface area contributed by atoms with Crippen LogP contribution in [0.4, 0.5) is 5.69 Å². The van der Waals surface area contributed by atoms with E-state index >= 15 is 0 Å². The lowest BCUT2D eigenvalue weighted by atomic mass is 10.1. The molecule has 0 aromatic heterocycles. The Morgan fingerprint density at radius 3 is 2.85 bits per heavy atom. The molecule has 2 N–H and O–H groups in total. The van der Waals surface area contributed by atoms with Crippen LogP contribution in [0.25, 0.3) is 5.76 Å². The Kier molecular flexibility index (Phi) is 2.96. The van der Waals surface area contributed by atoms with Gasteiger partial charge in [0, 0.05) is 11.3 Å². The molecular weight excluding hydrogens is 162 g/mol. The van der Waals surface area contributed by atoms with Crippen LogP contribution < -0.4 is 5.73 Å². The third-order valence-electron chi connectivity index (χ3n) is 1.99. The second kappa shape index (κ2) is 3.99. The van der Waals surface area contributed by atoms with Gasteiger partial charge in [0.15, 0.2) is 0 Å². The summed E-state index contributed by atoms with van der Waals surface area (Å²) in [5, 5.41) is 0. The molecule has 0 heterocycles. The minimum absolute atomic E-state index is 0.632. The monoisotopic (exact) mass is 177 g/mol. The number of hydrogen-bond acceptors (Lipinski definition) is 2. The van der Waals surface area contributed by atoms with Crippen LogP contribution in [0.5, 0.6) is 0 Å². The summed E-state index contributed by atoms with van der Waals surface area (Å²) in [6.07, 6.45) is 0. The van der Waals surface area contributed by atoms with Gasteiger partial charge in [-0.2, -0.15) is 0 Å². The number of ether oxygens (including phenoxy) is 1. The van der Waals surface area contributed by atoms with E-state index in [1.54, 1.807) is 0 Å². The molecule has 0 aliphatic heterocycles. The third-order valence-corrected chi connectivity index (χ3v) is 1.99. The van der Waals surface area contributed by atoms with Gasteiger partial charge in [-0.05, 0) is 25.5 Å². The van der Waals surface area contributed by atoms with Crippen molar-refractivity contribution in [1.82, 2.24) is 0 Å². The van der Waals surface area contributed by atoms with Crippen LogP contribution in [-0.4, -0.2) is 6.61 Å². The lowest BCUT2D eigenvalue weighted by molar-refractivity contribution is 0.299. The Hall–Kier alpha value is -1.44. The number of nitrogens with two attached hydrogens (primary N) is 1. The molecule has 0 radical (unpaired) electrons. The van der Waals surface area contributed by atoms with Gasteiger partial charge < -0.3 is 10.5 Å². The van der Waals surface area contributed by atoms with Crippen LogP contribution in [0.2, 0.25) is 0 Å². The van der Waals surface area contributed by atoms with Gasteiger partial charge in [0.05, 0.1) is 6.61 Å². The summed E-state index contributed by atoms with van der Waals surface area (Å²) in [5.41, 5.74) is 8.55. The summed E-state index contributed by atoms with van der Waals surface area (Å²) >= 11 is 0. The normalized spacial score (nSPS) is 9.69. The Balaban J connectivity index is 3.01. The summed E-state index contributed by atoms with van der Waals surface area (Å²) in [6.45, 7) is 8.38. The van der Waals surface area contributed by atoms with E-state index in [-0.39, 0.29) is 0 Å². The first-order valence-corrected chi connectivity index (χ1v) is 4.34. The molecule has 0 saturated carbocycles. The quantitative estimate of drug-likeness (QED) is 0.569. The van der Waals surface area contributed by atoms with Crippen molar-refractivity contribution < 1.29 is 4.74 Å². The molecule has 0 unspecified atom stereocenters. The molecule has 70 valence electrons. The number of nitrogen functional groups attached to an aromatic ring is 1. The molecule has 0 aliphatic carbocycles. The summed E-state index contributed by atoms with van der Waals surface area (Å²) in [4.78, 5) is 0. The highest BCUT2D eigenvalue weighted by atomic mass is 16.5. The highest BCUT2D eigenvalue weighted by Gasteiger charge is 2.04. The van der Waals surface area contributed by atoms with E-state index < -0.39 is 0 Å². The van der Waals surface area contributed by atoms with Crippen molar-refractivity contribution in [2.45, 2.75) is 13.8 Å². The van der Waals surface area contributed by atoms with E-state index in [9.17, 15) is 0 Å². The maximum atomic E-state index is 5.76. The van der Waals surface area contributed by atoms with E-state index in [2.05, 4.69) is 6.58 Å². The van der Waals surface area contributed by atoms with Gasteiger partial charge in [-0.3, -0.25) is 0 Å². The molecule has 13 heavy (non-hydrogen) atoms. The average Bonchev–Trinajstić information content (AvgIpc) is 2.10. The smallest absolute Gasteiger partial charge is 0.119 e. The number of anilines is 1. The van der Waals surface area contributed by atoms with E-state index in [4.69, 9.17) is 10.5 Å². The predicted octanol–water partition coefficient (Wildman–Crippen LogP) is 2.58. The fourth-order valence-corrected chi connectivity index (χ4v) is 1.21. The van der Waals surface area contributed by atoms with Gasteiger partial charge in [0.2, 0.25) is 0 Å². The fraction of sp³-hybridized carbons (Fsp3) is 0.273. The Morgan fingerprint density at radius 2 is 2.23 bits per heavy atom. The summed E-state index contributed by atoms with van der Waals surface area (Å²) in [7, 11) is 0. The predicted molar refractivity (Wildman–Crippen MR) is 56.3 cm³/mol. The molecule has 0 saturated heterocycles.